The van der Waals surface area contributed by atoms with Gasteiger partial charge in [-0.2, -0.15) is 0 Å². The van der Waals surface area contributed by atoms with Gasteiger partial charge in [0.25, 0.3) is 0 Å². The van der Waals surface area contributed by atoms with Crippen molar-refractivity contribution in [2.24, 2.45) is 11.3 Å². The number of hydrogen-bond acceptors (Lipinski definition) is 6. The van der Waals surface area contributed by atoms with E-state index in [9.17, 15) is 14.7 Å². The molecule has 0 heterocycles. The van der Waals surface area contributed by atoms with Crippen molar-refractivity contribution in [3.05, 3.63) is 0 Å². The van der Waals surface area contributed by atoms with E-state index in [-0.39, 0.29) is 18.5 Å². The number of carbonyl (C=O) groups is 2. The fourth-order valence-corrected chi connectivity index (χ4v) is 7.90. The standard InChI is InChI=1S/C47H91NO5/c1-4-7-10-13-14-18-23-32-45(50)52-42-37-47(35-36-47)34-25-27-39-48(40-28-29-41-49)38-26-20-15-19-24-33-46(51)53-43-44(30-21-16-11-8-5-2)31-22-17-12-9-6-3/h44,49H,4-43H2,1-3H3. The van der Waals surface area contributed by atoms with Gasteiger partial charge in [-0.25, -0.2) is 0 Å². The average molecular weight is 750 g/mol. The molecule has 0 radical (unpaired) electrons. The second-order valence-electron chi connectivity index (χ2n) is 17.0. The van der Waals surface area contributed by atoms with Crippen LogP contribution in [0.25, 0.3) is 0 Å². The van der Waals surface area contributed by atoms with Crippen LogP contribution in [0.5, 0.6) is 0 Å². The Labute approximate surface area is 330 Å². The molecule has 1 aliphatic carbocycles. The van der Waals surface area contributed by atoms with Crippen LogP contribution < -0.4 is 0 Å². The lowest BCUT2D eigenvalue weighted by molar-refractivity contribution is -0.145. The Morgan fingerprint density at radius 3 is 1.47 bits per heavy atom. The molecule has 0 atom stereocenters. The average Bonchev–Trinajstić information content (AvgIpc) is 3.93. The summed E-state index contributed by atoms with van der Waals surface area (Å²) < 4.78 is 11.4. The molecule has 1 rings (SSSR count). The molecule has 1 aliphatic rings. The predicted octanol–water partition coefficient (Wildman–Crippen LogP) is 13.3. The lowest BCUT2D eigenvalue weighted by Crippen LogP contribution is -2.27. The summed E-state index contributed by atoms with van der Waals surface area (Å²) in [5.74, 6) is 0.550. The molecule has 6 heteroatoms. The van der Waals surface area contributed by atoms with E-state index in [1.165, 1.54) is 161 Å². The molecule has 0 aromatic rings. The Morgan fingerprint density at radius 2 is 0.962 bits per heavy atom. The lowest BCUT2D eigenvalue weighted by Gasteiger charge is -2.23. The highest BCUT2D eigenvalue weighted by Crippen LogP contribution is 2.52. The van der Waals surface area contributed by atoms with Crippen LogP contribution in [-0.4, -0.2) is 61.4 Å². The second kappa shape index (κ2) is 36.5. The molecule has 0 spiro atoms. The van der Waals surface area contributed by atoms with Crippen molar-refractivity contribution in [2.45, 2.75) is 239 Å². The fourth-order valence-electron chi connectivity index (χ4n) is 7.90. The van der Waals surface area contributed by atoms with Gasteiger partial charge in [-0.1, -0.05) is 149 Å². The van der Waals surface area contributed by atoms with Crippen molar-refractivity contribution < 1.29 is 24.2 Å². The molecule has 0 aliphatic heterocycles. The smallest absolute Gasteiger partial charge is 0.305 e. The van der Waals surface area contributed by atoms with Crippen LogP contribution in [0.4, 0.5) is 0 Å². The summed E-state index contributed by atoms with van der Waals surface area (Å²) in [4.78, 5) is 27.4. The zero-order valence-electron chi connectivity index (χ0n) is 35.9. The number of nitrogens with zero attached hydrogens (tertiary/aromatic N) is 1. The van der Waals surface area contributed by atoms with Crippen molar-refractivity contribution in [3.63, 3.8) is 0 Å². The van der Waals surface area contributed by atoms with Gasteiger partial charge in [0, 0.05) is 19.4 Å². The number of aliphatic hydroxyl groups excluding tert-OH is 1. The highest BCUT2D eigenvalue weighted by atomic mass is 16.5. The topological polar surface area (TPSA) is 76.1 Å². The number of aliphatic hydroxyl groups is 1. The second-order valence-corrected chi connectivity index (χ2v) is 17.0. The SMILES string of the molecule is CCCCCCCCCC(=O)OCCC1(CCCCN(CCCCO)CCCCCCCC(=O)OCC(CCCCCCC)CCCCCCC)CC1. The summed E-state index contributed by atoms with van der Waals surface area (Å²) >= 11 is 0. The minimum absolute atomic E-state index is 0.00115. The molecular weight excluding hydrogens is 659 g/mol. The van der Waals surface area contributed by atoms with Crippen LogP contribution in [0.15, 0.2) is 0 Å². The fraction of sp³-hybridized carbons (Fsp3) is 0.957. The van der Waals surface area contributed by atoms with Crippen molar-refractivity contribution in [1.29, 1.82) is 0 Å². The summed E-state index contributed by atoms with van der Waals surface area (Å²) in [6.07, 6.45) is 40.2. The van der Waals surface area contributed by atoms with Crippen LogP contribution in [-0.2, 0) is 19.1 Å². The van der Waals surface area contributed by atoms with Gasteiger partial charge in [-0.15, -0.1) is 0 Å². The Bertz CT molecular complexity index is 801. The van der Waals surface area contributed by atoms with Crippen LogP contribution in [0.1, 0.15) is 239 Å². The van der Waals surface area contributed by atoms with Crippen molar-refractivity contribution >= 4 is 11.9 Å². The maximum absolute atomic E-state index is 12.6. The first kappa shape index (κ1) is 49.9. The van der Waals surface area contributed by atoms with Crippen LogP contribution in [0, 0.1) is 11.3 Å². The first-order chi connectivity index (χ1) is 26.0. The quantitative estimate of drug-likeness (QED) is 0.0495. The first-order valence-electron chi connectivity index (χ1n) is 23.6. The lowest BCUT2D eigenvalue weighted by atomic mass is 9.95. The largest absolute Gasteiger partial charge is 0.466 e. The molecule has 0 bridgehead atoms. The minimum Gasteiger partial charge on any atom is -0.466 e. The third kappa shape index (κ3) is 31.7. The maximum atomic E-state index is 12.6. The van der Waals surface area contributed by atoms with Gasteiger partial charge in [0.05, 0.1) is 13.2 Å². The number of hydrogen-bond donors (Lipinski definition) is 1. The van der Waals surface area contributed by atoms with Gasteiger partial charge in [0.2, 0.25) is 0 Å². The summed E-state index contributed by atoms with van der Waals surface area (Å²) in [6.45, 7) is 11.6. The molecule has 1 N–H and O–H groups in total. The molecular formula is C47H91NO5. The van der Waals surface area contributed by atoms with Crippen LogP contribution >= 0.6 is 0 Å². The third-order valence-electron chi connectivity index (χ3n) is 11.9. The summed E-state index contributed by atoms with van der Waals surface area (Å²) in [5, 5.41) is 9.32. The highest BCUT2D eigenvalue weighted by molar-refractivity contribution is 5.69. The number of esters is 2. The molecule has 0 unspecified atom stereocenters. The van der Waals surface area contributed by atoms with E-state index in [1.54, 1.807) is 0 Å². The number of carbonyl (C=O) groups excluding carboxylic acids is 2. The van der Waals surface area contributed by atoms with Gasteiger partial charge in [-0.3, -0.25) is 9.59 Å². The van der Waals surface area contributed by atoms with Crippen molar-refractivity contribution in [3.8, 4) is 0 Å². The molecule has 53 heavy (non-hydrogen) atoms. The van der Waals surface area contributed by atoms with E-state index in [4.69, 9.17) is 9.47 Å². The monoisotopic (exact) mass is 750 g/mol. The first-order valence-corrected chi connectivity index (χ1v) is 23.6. The maximum Gasteiger partial charge on any atom is 0.305 e. The van der Waals surface area contributed by atoms with Gasteiger partial charge in [0.15, 0.2) is 0 Å². The highest BCUT2D eigenvalue weighted by Gasteiger charge is 2.41. The third-order valence-corrected chi connectivity index (χ3v) is 11.9. The Balaban J connectivity index is 2.18. The Hall–Kier alpha value is -1.14. The van der Waals surface area contributed by atoms with E-state index in [0.29, 0.717) is 37.4 Å². The van der Waals surface area contributed by atoms with Crippen LogP contribution in [0.3, 0.4) is 0 Å². The Morgan fingerprint density at radius 1 is 0.528 bits per heavy atom. The Kier molecular flexibility index (Phi) is 34.3. The minimum atomic E-state index is 0.00115. The molecule has 6 nitrogen and oxygen atoms in total. The summed E-state index contributed by atoms with van der Waals surface area (Å²) in [7, 11) is 0. The van der Waals surface area contributed by atoms with E-state index < -0.39 is 0 Å². The zero-order chi connectivity index (χ0) is 38.5. The number of ether oxygens (including phenoxy) is 2. The molecule has 0 aromatic carbocycles. The predicted molar refractivity (Wildman–Crippen MR) is 225 cm³/mol. The number of unbranched alkanes of at least 4 members (excludes halogenated alkanes) is 20. The summed E-state index contributed by atoms with van der Waals surface area (Å²) in [5.41, 5.74) is 0.428. The molecule has 1 fully saturated rings. The van der Waals surface area contributed by atoms with E-state index in [0.717, 1.165) is 64.6 Å². The van der Waals surface area contributed by atoms with Gasteiger partial charge in [0.1, 0.15) is 0 Å². The normalized spacial score (nSPS) is 13.6. The zero-order valence-corrected chi connectivity index (χ0v) is 35.9. The molecule has 0 saturated heterocycles. The van der Waals surface area contributed by atoms with Crippen molar-refractivity contribution in [2.75, 3.05) is 39.5 Å². The molecule has 0 aromatic heterocycles. The molecule has 1 saturated carbocycles. The van der Waals surface area contributed by atoms with E-state index >= 15 is 0 Å². The van der Waals surface area contributed by atoms with Gasteiger partial charge < -0.3 is 19.5 Å². The van der Waals surface area contributed by atoms with Crippen LogP contribution in [0.2, 0.25) is 0 Å². The summed E-state index contributed by atoms with van der Waals surface area (Å²) in [6, 6.07) is 0. The molecule has 314 valence electrons. The van der Waals surface area contributed by atoms with Gasteiger partial charge in [-0.05, 0) is 108 Å². The van der Waals surface area contributed by atoms with Gasteiger partial charge >= 0.3 is 11.9 Å². The van der Waals surface area contributed by atoms with E-state index in [2.05, 4.69) is 25.7 Å². The molecule has 0 amide bonds. The number of rotatable bonds is 42. The van der Waals surface area contributed by atoms with E-state index in [1.807, 2.05) is 0 Å². The van der Waals surface area contributed by atoms with Crippen molar-refractivity contribution in [1.82, 2.24) is 4.90 Å².